The normalized spacial score (nSPS) is 23.5. The summed E-state index contributed by atoms with van der Waals surface area (Å²) in [5.74, 6) is 0.693. The fourth-order valence-electron chi connectivity index (χ4n) is 4.29. The molecule has 9 nitrogen and oxygen atoms in total. The summed E-state index contributed by atoms with van der Waals surface area (Å²) < 4.78 is 11.4. The van der Waals surface area contributed by atoms with E-state index in [9.17, 15) is 14.9 Å². The van der Waals surface area contributed by atoms with Crippen LogP contribution in [-0.2, 0) is 16.0 Å². The van der Waals surface area contributed by atoms with Crippen LogP contribution in [0.3, 0.4) is 0 Å². The summed E-state index contributed by atoms with van der Waals surface area (Å²) in [7, 11) is 0. The first kappa shape index (κ1) is 19.9. The number of amides is 1. The maximum Gasteiger partial charge on any atom is 0.293 e. The molecular formula is C20H28N4O5. The predicted molar refractivity (Wildman–Crippen MR) is 107 cm³/mol. The Morgan fingerprint density at radius 2 is 2.07 bits per heavy atom. The van der Waals surface area contributed by atoms with Gasteiger partial charge in [0.15, 0.2) is 0 Å². The lowest BCUT2D eigenvalue weighted by molar-refractivity contribution is -0.384. The van der Waals surface area contributed by atoms with Gasteiger partial charge in [0.05, 0.1) is 11.5 Å². The van der Waals surface area contributed by atoms with E-state index in [4.69, 9.17) is 9.47 Å². The molecule has 4 rings (SSSR count). The van der Waals surface area contributed by atoms with Crippen molar-refractivity contribution in [2.24, 2.45) is 0 Å². The predicted octanol–water partition coefficient (Wildman–Crippen LogP) is 1.68. The van der Waals surface area contributed by atoms with Crippen molar-refractivity contribution < 1.29 is 19.2 Å². The number of rotatable bonds is 5. The van der Waals surface area contributed by atoms with Gasteiger partial charge in [0.25, 0.3) is 5.69 Å². The van der Waals surface area contributed by atoms with Crippen molar-refractivity contribution in [1.29, 1.82) is 0 Å². The molecule has 0 saturated carbocycles. The van der Waals surface area contributed by atoms with Gasteiger partial charge in [-0.2, -0.15) is 0 Å². The molecule has 3 aliphatic rings. The highest BCUT2D eigenvalue weighted by Crippen LogP contribution is 2.42. The molecule has 0 radical (unpaired) electrons. The van der Waals surface area contributed by atoms with E-state index in [2.05, 4.69) is 10.2 Å². The molecule has 1 amide bonds. The molecule has 3 aliphatic heterocycles. The number of nitrogens with one attached hydrogen (secondary N) is 1. The number of anilines is 1. The summed E-state index contributed by atoms with van der Waals surface area (Å²) in [5.41, 5.74) is 1.25. The molecule has 9 heteroatoms. The van der Waals surface area contributed by atoms with Crippen LogP contribution in [0.4, 0.5) is 11.4 Å². The van der Waals surface area contributed by atoms with Crippen LogP contribution in [-0.4, -0.2) is 66.9 Å². The maximum atomic E-state index is 12.2. The average Bonchev–Trinajstić information content (AvgIpc) is 3.26. The van der Waals surface area contributed by atoms with Gasteiger partial charge in [0.1, 0.15) is 23.3 Å². The Balaban J connectivity index is 1.39. The van der Waals surface area contributed by atoms with Gasteiger partial charge < -0.3 is 19.7 Å². The number of piperazine rings is 1. The molecule has 2 saturated heterocycles. The molecule has 0 aromatic heterocycles. The minimum atomic E-state index is -0.343. The van der Waals surface area contributed by atoms with Crippen LogP contribution in [0.1, 0.15) is 32.3 Å². The van der Waals surface area contributed by atoms with Gasteiger partial charge in [-0.3, -0.25) is 19.8 Å². The van der Waals surface area contributed by atoms with Crippen molar-refractivity contribution in [2.75, 3.05) is 44.2 Å². The molecule has 1 unspecified atom stereocenters. The van der Waals surface area contributed by atoms with Crippen LogP contribution in [0.15, 0.2) is 12.1 Å². The summed E-state index contributed by atoms with van der Waals surface area (Å²) in [5, 5.41) is 14.6. The Morgan fingerprint density at radius 3 is 2.72 bits per heavy atom. The van der Waals surface area contributed by atoms with Crippen molar-refractivity contribution in [1.82, 2.24) is 10.2 Å². The van der Waals surface area contributed by atoms with E-state index in [0.717, 1.165) is 24.2 Å². The van der Waals surface area contributed by atoms with Gasteiger partial charge in [0.2, 0.25) is 5.91 Å². The van der Waals surface area contributed by atoms with Crippen molar-refractivity contribution in [3.05, 3.63) is 27.8 Å². The van der Waals surface area contributed by atoms with E-state index in [-0.39, 0.29) is 28.3 Å². The minimum Gasteiger partial charge on any atom is -0.487 e. The first-order valence-corrected chi connectivity index (χ1v) is 10.2. The SMILES string of the molecule is CC1(C)Cc2cc([N+](=O)[O-])c(N3CCN(CC(=O)NC4CCCO4)CC3)cc2O1. The smallest absolute Gasteiger partial charge is 0.293 e. The van der Waals surface area contributed by atoms with E-state index >= 15 is 0 Å². The minimum absolute atomic E-state index is 0.0375. The third kappa shape index (κ3) is 4.45. The quantitative estimate of drug-likeness (QED) is 0.589. The van der Waals surface area contributed by atoms with Crippen LogP contribution < -0.4 is 15.0 Å². The molecule has 0 aliphatic carbocycles. The number of fused-ring (bicyclic) bond motifs is 1. The van der Waals surface area contributed by atoms with Gasteiger partial charge in [-0.1, -0.05) is 0 Å². The average molecular weight is 404 g/mol. The van der Waals surface area contributed by atoms with Gasteiger partial charge in [-0.25, -0.2) is 0 Å². The molecule has 1 aromatic carbocycles. The van der Waals surface area contributed by atoms with Crippen LogP contribution in [0.5, 0.6) is 5.75 Å². The highest BCUT2D eigenvalue weighted by molar-refractivity contribution is 5.78. The fourth-order valence-corrected chi connectivity index (χ4v) is 4.29. The van der Waals surface area contributed by atoms with E-state index in [1.54, 1.807) is 6.07 Å². The number of nitro groups is 1. The summed E-state index contributed by atoms with van der Waals surface area (Å²) in [6.45, 7) is 7.56. The topological polar surface area (TPSA) is 97.2 Å². The summed E-state index contributed by atoms with van der Waals surface area (Å²) in [4.78, 5) is 27.6. The highest BCUT2D eigenvalue weighted by Gasteiger charge is 2.34. The Labute approximate surface area is 170 Å². The van der Waals surface area contributed by atoms with E-state index in [1.807, 2.05) is 24.8 Å². The number of nitro benzene ring substituents is 1. The van der Waals surface area contributed by atoms with Crippen LogP contribution in [0.2, 0.25) is 0 Å². The second kappa shape index (κ2) is 7.79. The summed E-state index contributed by atoms with van der Waals surface area (Å²) in [6, 6.07) is 3.46. The molecule has 1 N–H and O–H groups in total. The standard InChI is InChI=1S/C20H28N4O5/c1-20(2)12-14-10-16(24(26)27)15(11-17(14)29-20)23-7-5-22(6-8-23)13-18(25)21-19-4-3-9-28-19/h10-11,19H,3-9,12-13H2,1-2H3,(H,21,25). The lowest BCUT2D eigenvalue weighted by Crippen LogP contribution is -2.50. The number of benzene rings is 1. The molecule has 3 heterocycles. The zero-order valence-corrected chi connectivity index (χ0v) is 17.0. The zero-order chi connectivity index (χ0) is 20.6. The van der Waals surface area contributed by atoms with E-state index in [0.29, 0.717) is 51.4 Å². The summed E-state index contributed by atoms with van der Waals surface area (Å²) in [6.07, 6.45) is 2.34. The van der Waals surface area contributed by atoms with Gasteiger partial charge >= 0.3 is 0 Å². The van der Waals surface area contributed by atoms with E-state index in [1.165, 1.54) is 0 Å². The zero-order valence-electron chi connectivity index (χ0n) is 17.0. The third-order valence-electron chi connectivity index (χ3n) is 5.69. The Bertz CT molecular complexity index is 798. The van der Waals surface area contributed by atoms with Crippen molar-refractivity contribution in [3.8, 4) is 5.75 Å². The third-order valence-corrected chi connectivity index (χ3v) is 5.69. The monoisotopic (exact) mass is 404 g/mol. The number of hydrogen-bond donors (Lipinski definition) is 1. The largest absolute Gasteiger partial charge is 0.487 e. The van der Waals surface area contributed by atoms with Crippen LogP contribution in [0.25, 0.3) is 0 Å². The number of nitrogens with zero attached hydrogens (tertiary/aromatic N) is 3. The second-order valence-corrected chi connectivity index (χ2v) is 8.58. The highest BCUT2D eigenvalue weighted by atomic mass is 16.6. The fraction of sp³-hybridized carbons (Fsp3) is 0.650. The van der Waals surface area contributed by atoms with Gasteiger partial charge in [-0.15, -0.1) is 0 Å². The second-order valence-electron chi connectivity index (χ2n) is 8.58. The molecule has 0 bridgehead atoms. The van der Waals surface area contributed by atoms with Gasteiger partial charge in [0, 0.05) is 56.9 Å². The number of ether oxygens (including phenoxy) is 2. The first-order chi connectivity index (χ1) is 13.8. The molecule has 29 heavy (non-hydrogen) atoms. The number of hydrogen-bond acceptors (Lipinski definition) is 7. The Kier molecular flexibility index (Phi) is 5.35. The van der Waals surface area contributed by atoms with Crippen molar-refractivity contribution in [3.63, 3.8) is 0 Å². The summed E-state index contributed by atoms with van der Waals surface area (Å²) >= 11 is 0. The van der Waals surface area contributed by atoms with Gasteiger partial charge in [-0.05, 0) is 26.7 Å². The molecule has 1 atom stereocenters. The molecule has 1 aromatic rings. The molecule has 158 valence electrons. The molecular weight excluding hydrogens is 376 g/mol. The number of carbonyl (C=O) groups is 1. The molecule has 2 fully saturated rings. The number of carbonyl (C=O) groups excluding carboxylic acids is 1. The first-order valence-electron chi connectivity index (χ1n) is 10.2. The van der Waals surface area contributed by atoms with Crippen LogP contribution in [0, 0.1) is 10.1 Å². The lowest BCUT2D eigenvalue weighted by Gasteiger charge is -2.35. The lowest BCUT2D eigenvalue weighted by atomic mass is 10.0. The molecule has 0 spiro atoms. The van der Waals surface area contributed by atoms with Crippen LogP contribution >= 0.6 is 0 Å². The van der Waals surface area contributed by atoms with Crippen molar-refractivity contribution in [2.45, 2.75) is 44.9 Å². The van der Waals surface area contributed by atoms with E-state index < -0.39 is 0 Å². The Hall–Kier alpha value is -2.39. The maximum absolute atomic E-state index is 12.2. The van der Waals surface area contributed by atoms with Crippen molar-refractivity contribution >= 4 is 17.3 Å². The Morgan fingerprint density at radius 1 is 1.31 bits per heavy atom.